The van der Waals surface area contributed by atoms with Crippen LogP contribution in [0.15, 0.2) is 41.4 Å². The van der Waals surface area contributed by atoms with E-state index in [0.29, 0.717) is 28.8 Å². The third kappa shape index (κ3) is 5.53. The van der Waals surface area contributed by atoms with Crippen molar-refractivity contribution in [2.75, 3.05) is 18.4 Å². The number of aromatic nitrogens is 1. The number of urea groups is 1. The van der Waals surface area contributed by atoms with Crippen LogP contribution < -0.4 is 5.32 Å². The van der Waals surface area contributed by atoms with E-state index in [1.807, 2.05) is 0 Å². The molecule has 0 unspecified atom stereocenters. The van der Waals surface area contributed by atoms with Gasteiger partial charge in [0.05, 0.1) is 33.0 Å². The molecule has 2 aromatic rings. The van der Waals surface area contributed by atoms with Crippen LogP contribution in [0.25, 0.3) is 5.57 Å². The number of rotatable bonds is 5. The van der Waals surface area contributed by atoms with Crippen molar-refractivity contribution in [2.45, 2.75) is 43.2 Å². The fraction of sp³-hybridized carbons (Fsp3) is 0.364. The number of aliphatic hydroxyl groups excluding tert-OH is 1. The molecular weight excluding hydrogens is 495 g/mol. The molecule has 0 fully saturated rings. The first-order valence-corrected chi connectivity index (χ1v) is 12.2. The molecule has 2 amide bonds. The van der Waals surface area contributed by atoms with Gasteiger partial charge >= 0.3 is 12.2 Å². The number of carbonyl (C=O) groups excluding carboxylic acids is 1. The lowest BCUT2D eigenvalue weighted by Gasteiger charge is -2.27. The van der Waals surface area contributed by atoms with Gasteiger partial charge in [-0.1, -0.05) is 17.7 Å². The summed E-state index contributed by atoms with van der Waals surface area (Å²) in [6.07, 6.45) is -1.26. The number of alkyl halides is 3. The van der Waals surface area contributed by atoms with Crippen molar-refractivity contribution in [3.63, 3.8) is 0 Å². The summed E-state index contributed by atoms with van der Waals surface area (Å²) < 4.78 is 65.4. The van der Waals surface area contributed by atoms with Crippen LogP contribution in [-0.4, -0.2) is 47.8 Å². The molecule has 1 aliphatic rings. The summed E-state index contributed by atoms with van der Waals surface area (Å²) in [7, 11) is -4.18. The van der Waals surface area contributed by atoms with Crippen LogP contribution in [0, 0.1) is 0 Å². The molecule has 0 atom stereocenters. The molecular formula is C22H23ClF3N3O4S. The largest absolute Gasteiger partial charge is 0.417 e. The SMILES string of the molecule is CC(C)S(=O)(=O)c1ccc(NC(=O)N2CC=C(c3ncc(CO)cc3Cl)CC2)cc1C(F)(F)F. The number of carbonyl (C=O) groups is 1. The van der Waals surface area contributed by atoms with Crippen molar-refractivity contribution in [3.8, 4) is 0 Å². The smallest absolute Gasteiger partial charge is 0.392 e. The molecule has 7 nitrogen and oxygen atoms in total. The van der Waals surface area contributed by atoms with E-state index >= 15 is 0 Å². The Bertz CT molecular complexity index is 1230. The number of sulfone groups is 1. The number of benzene rings is 1. The van der Waals surface area contributed by atoms with E-state index in [4.69, 9.17) is 16.7 Å². The maximum Gasteiger partial charge on any atom is 0.417 e. The second-order valence-corrected chi connectivity index (χ2v) is 10.9. The molecule has 184 valence electrons. The summed E-state index contributed by atoms with van der Waals surface area (Å²) in [5.74, 6) is 0. The van der Waals surface area contributed by atoms with Gasteiger partial charge in [0.15, 0.2) is 9.84 Å². The predicted octanol–water partition coefficient (Wildman–Crippen LogP) is 4.75. The van der Waals surface area contributed by atoms with Crippen LogP contribution >= 0.6 is 11.6 Å². The van der Waals surface area contributed by atoms with Crippen molar-refractivity contribution in [1.82, 2.24) is 9.88 Å². The maximum absolute atomic E-state index is 13.6. The van der Waals surface area contributed by atoms with E-state index in [1.54, 1.807) is 12.1 Å². The topological polar surface area (TPSA) is 99.6 Å². The summed E-state index contributed by atoms with van der Waals surface area (Å²) in [6, 6.07) is 3.61. The number of hydrogen-bond acceptors (Lipinski definition) is 5. The molecule has 2 heterocycles. The molecule has 0 saturated carbocycles. The quantitative estimate of drug-likeness (QED) is 0.596. The lowest BCUT2D eigenvalue weighted by Crippen LogP contribution is -2.38. The first-order valence-electron chi connectivity index (χ1n) is 10.3. The van der Waals surface area contributed by atoms with Gasteiger partial charge in [-0.25, -0.2) is 13.2 Å². The van der Waals surface area contributed by atoms with Crippen LogP contribution in [-0.2, 0) is 22.6 Å². The van der Waals surface area contributed by atoms with E-state index < -0.39 is 37.8 Å². The van der Waals surface area contributed by atoms with Gasteiger partial charge in [0.1, 0.15) is 0 Å². The van der Waals surface area contributed by atoms with Crippen molar-refractivity contribution >= 4 is 38.7 Å². The highest BCUT2D eigenvalue weighted by Crippen LogP contribution is 2.37. The highest BCUT2D eigenvalue weighted by molar-refractivity contribution is 7.92. The van der Waals surface area contributed by atoms with Gasteiger partial charge in [0.25, 0.3) is 0 Å². The molecule has 34 heavy (non-hydrogen) atoms. The van der Waals surface area contributed by atoms with Crippen molar-refractivity contribution < 1.29 is 31.5 Å². The van der Waals surface area contributed by atoms with Crippen molar-refractivity contribution in [1.29, 1.82) is 0 Å². The molecule has 0 spiro atoms. The van der Waals surface area contributed by atoms with Gasteiger partial charge < -0.3 is 15.3 Å². The first-order chi connectivity index (χ1) is 15.8. The Labute approximate surface area is 200 Å². The number of amides is 2. The van der Waals surface area contributed by atoms with Gasteiger partial charge in [-0.2, -0.15) is 13.2 Å². The lowest BCUT2D eigenvalue weighted by atomic mass is 10.0. The van der Waals surface area contributed by atoms with Crippen molar-refractivity contribution in [2.24, 2.45) is 0 Å². The molecule has 3 rings (SSSR count). The zero-order valence-corrected chi connectivity index (χ0v) is 19.9. The summed E-state index contributed by atoms with van der Waals surface area (Å²) in [5.41, 5.74) is 0.416. The molecule has 0 bridgehead atoms. The zero-order valence-electron chi connectivity index (χ0n) is 18.4. The Hall–Kier alpha value is -2.63. The number of pyridine rings is 1. The zero-order chi connectivity index (χ0) is 25.3. The fourth-order valence-electron chi connectivity index (χ4n) is 3.40. The summed E-state index contributed by atoms with van der Waals surface area (Å²) in [5, 5.41) is 10.9. The average molecular weight is 518 g/mol. The minimum atomic E-state index is -4.92. The van der Waals surface area contributed by atoms with Crippen LogP contribution in [0.4, 0.5) is 23.7 Å². The van der Waals surface area contributed by atoms with Crippen LogP contribution in [0.2, 0.25) is 5.02 Å². The monoisotopic (exact) mass is 517 g/mol. The molecule has 0 radical (unpaired) electrons. The van der Waals surface area contributed by atoms with E-state index in [9.17, 15) is 26.4 Å². The van der Waals surface area contributed by atoms with E-state index in [0.717, 1.165) is 17.7 Å². The van der Waals surface area contributed by atoms with Gasteiger partial charge in [-0.15, -0.1) is 0 Å². The summed E-state index contributed by atoms with van der Waals surface area (Å²) in [4.78, 5) is 17.4. The van der Waals surface area contributed by atoms with Gasteiger partial charge in [-0.3, -0.25) is 4.98 Å². The minimum Gasteiger partial charge on any atom is -0.392 e. The van der Waals surface area contributed by atoms with Crippen LogP contribution in [0.5, 0.6) is 0 Å². The predicted molar refractivity (Wildman–Crippen MR) is 122 cm³/mol. The van der Waals surface area contributed by atoms with Gasteiger partial charge in [-0.05, 0) is 55.7 Å². The lowest BCUT2D eigenvalue weighted by molar-refractivity contribution is -0.139. The number of aliphatic hydroxyl groups is 1. The van der Waals surface area contributed by atoms with E-state index in [-0.39, 0.29) is 25.4 Å². The van der Waals surface area contributed by atoms with Crippen LogP contribution in [0.1, 0.15) is 37.1 Å². The third-order valence-electron chi connectivity index (χ3n) is 5.34. The number of nitrogens with zero attached hydrogens (tertiary/aromatic N) is 2. The molecule has 1 aromatic heterocycles. The minimum absolute atomic E-state index is 0.167. The third-order valence-corrected chi connectivity index (χ3v) is 7.84. The molecule has 12 heteroatoms. The Balaban J connectivity index is 1.78. The van der Waals surface area contributed by atoms with E-state index in [1.165, 1.54) is 24.9 Å². The highest BCUT2D eigenvalue weighted by atomic mass is 35.5. The Morgan fingerprint density at radius 2 is 2.00 bits per heavy atom. The molecule has 1 aliphatic heterocycles. The standard InChI is InChI=1S/C22H23ClF3N3O4S/c1-13(2)34(32,33)19-4-3-16(10-17(19)22(24,25)26)28-21(31)29-7-5-15(6-8-29)20-18(23)9-14(12-30)11-27-20/h3-5,9-11,13,30H,6-8,12H2,1-2H3,(H,28,31). The second-order valence-electron chi connectivity index (χ2n) is 7.99. The molecule has 0 aliphatic carbocycles. The second kappa shape index (κ2) is 9.93. The summed E-state index contributed by atoms with van der Waals surface area (Å²) in [6.45, 7) is 2.84. The number of nitrogens with one attached hydrogen (secondary N) is 1. The Morgan fingerprint density at radius 1 is 1.29 bits per heavy atom. The highest BCUT2D eigenvalue weighted by Gasteiger charge is 2.38. The normalized spacial score (nSPS) is 14.8. The Kier molecular flexibility index (Phi) is 7.59. The van der Waals surface area contributed by atoms with Gasteiger partial charge in [0.2, 0.25) is 0 Å². The first kappa shape index (κ1) is 26.0. The molecule has 1 aromatic carbocycles. The number of hydrogen-bond donors (Lipinski definition) is 2. The maximum atomic E-state index is 13.6. The van der Waals surface area contributed by atoms with Gasteiger partial charge in [0, 0.05) is 25.0 Å². The van der Waals surface area contributed by atoms with Crippen molar-refractivity contribution in [3.05, 3.63) is 58.4 Å². The van der Waals surface area contributed by atoms with Crippen LogP contribution in [0.3, 0.4) is 0 Å². The molecule has 0 saturated heterocycles. The fourth-order valence-corrected chi connectivity index (χ4v) is 4.96. The Morgan fingerprint density at radius 3 is 2.53 bits per heavy atom. The number of halogens is 4. The summed E-state index contributed by atoms with van der Waals surface area (Å²) >= 11 is 6.22. The number of anilines is 1. The molecule has 2 N–H and O–H groups in total. The van der Waals surface area contributed by atoms with E-state index in [2.05, 4.69) is 10.3 Å². The average Bonchev–Trinajstić information content (AvgIpc) is 2.78.